The first-order valence-electron chi connectivity index (χ1n) is 7.16. The fourth-order valence-electron chi connectivity index (χ4n) is 2.83. The SMILES string of the molecule is Cn1cc(C(=O)N2CCCCC2CCO)c(=O)n(C)c1=O. The number of amides is 1. The van der Waals surface area contributed by atoms with Crippen molar-refractivity contribution in [3.8, 4) is 0 Å². The van der Waals surface area contributed by atoms with Gasteiger partial charge in [0.15, 0.2) is 0 Å². The Morgan fingerprint density at radius 3 is 2.71 bits per heavy atom. The molecule has 116 valence electrons. The van der Waals surface area contributed by atoms with Gasteiger partial charge < -0.3 is 14.6 Å². The van der Waals surface area contributed by atoms with Crippen molar-refractivity contribution in [3.05, 3.63) is 32.6 Å². The van der Waals surface area contributed by atoms with Crippen molar-refractivity contribution in [1.82, 2.24) is 14.0 Å². The number of carbonyl (C=O) groups is 1. The van der Waals surface area contributed by atoms with Gasteiger partial charge in [-0.2, -0.15) is 0 Å². The quantitative estimate of drug-likeness (QED) is 0.812. The average Bonchev–Trinajstić information content (AvgIpc) is 2.49. The first-order chi connectivity index (χ1) is 9.97. The number of carbonyl (C=O) groups excluding carboxylic acids is 1. The highest BCUT2D eigenvalue weighted by molar-refractivity contribution is 5.93. The van der Waals surface area contributed by atoms with Gasteiger partial charge in [-0.1, -0.05) is 0 Å². The van der Waals surface area contributed by atoms with E-state index >= 15 is 0 Å². The topological polar surface area (TPSA) is 84.5 Å². The summed E-state index contributed by atoms with van der Waals surface area (Å²) in [7, 11) is 2.88. The maximum Gasteiger partial charge on any atom is 0.330 e. The molecule has 1 aromatic rings. The molecule has 1 aliphatic rings. The molecule has 0 spiro atoms. The Kier molecular flexibility index (Phi) is 4.62. The number of piperidine rings is 1. The minimum absolute atomic E-state index is 0.00411. The molecule has 1 unspecified atom stereocenters. The van der Waals surface area contributed by atoms with Crippen molar-refractivity contribution in [1.29, 1.82) is 0 Å². The zero-order valence-corrected chi connectivity index (χ0v) is 12.4. The van der Waals surface area contributed by atoms with E-state index in [0.717, 1.165) is 23.8 Å². The number of hydrogen-bond acceptors (Lipinski definition) is 4. The maximum absolute atomic E-state index is 12.6. The van der Waals surface area contributed by atoms with Gasteiger partial charge in [-0.15, -0.1) is 0 Å². The van der Waals surface area contributed by atoms with E-state index in [2.05, 4.69) is 0 Å². The number of nitrogens with zero attached hydrogens (tertiary/aromatic N) is 3. The van der Waals surface area contributed by atoms with Crippen LogP contribution in [0.3, 0.4) is 0 Å². The van der Waals surface area contributed by atoms with Crippen molar-refractivity contribution in [2.24, 2.45) is 14.1 Å². The summed E-state index contributed by atoms with van der Waals surface area (Å²) >= 11 is 0. The molecule has 7 nitrogen and oxygen atoms in total. The molecular formula is C14H21N3O4. The highest BCUT2D eigenvalue weighted by Gasteiger charge is 2.29. The summed E-state index contributed by atoms with van der Waals surface area (Å²) in [5.74, 6) is -0.357. The van der Waals surface area contributed by atoms with Gasteiger partial charge in [-0.05, 0) is 25.7 Å². The smallest absolute Gasteiger partial charge is 0.330 e. The molecule has 21 heavy (non-hydrogen) atoms. The van der Waals surface area contributed by atoms with Gasteiger partial charge in [0.05, 0.1) is 0 Å². The van der Waals surface area contributed by atoms with E-state index in [0.29, 0.717) is 13.0 Å². The number of aliphatic hydroxyl groups is 1. The monoisotopic (exact) mass is 295 g/mol. The van der Waals surface area contributed by atoms with Gasteiger partial charge in [-0.3, -0.25) is 14.2 Å². The van der Waals surface area contributed by atoms with Gasteiger partial charge in [0.1, 0.15) is 5.56 Å². The third kappa shape index (κ3) is 2.92. The predicted octanol–water partition coefficient (Wildman–Crippen LogP) is -0.539. The van der Waals surface area contributed by atoms with Crippen LogP contribution in [-0.2, 0) is 14.1 Å². The Bertz CT molecular complexity index is 645. The van der Waals surface area contributed by atoms with Gasteiger partial charge in [-0.25, -0.2) is 4.79 Å². The highest BCUT2D eigenvalue weighted by atomic mass is 16.3. The molecule has 1 amide bonds. The van der Waals surface area contributed by atoms with Gasteiger partial charge in [0, 0.05) is 39.5 Å². The summed E-state index contributed by atoms with van der Waals surface area (Å²) in [6.07, 6.45) is 4.55. The van der Waals surface area contributed by atoms with E-state index < -0.39 is 11.2 Å². The van der Waals surface area contributed by atoms with Gasteiger partial charge >= 0.3 is 5.69 Å². The summed E-state index contributed by atoms with van der Waals surface area (Å²) < 4.78 is 2.18. The van der Waals surface area contributed by atoms with Crippen LogP contribution in [-0.4, -0.2) is 44.2 Å². The van der Waals surface area contributed by atoms with Crippen LogP contribution in [0.25, 0.3) is 0 Å². The lowest BCUT2D eigenvalue weighted by Gasteiger charge is -2.35. The van der Waals surface area contributed by atoms with Crippen molar-refractivity contribution < 1.29 is 9.90 Å². The van der Waals surface area contributed by atoms with Crippen LogP contribution in [0.1, 0.15) is 36.0 Å². The fraction of sp³-hybridized carbons (Fsp3) is 0.643. The number of aliphatic hydroxyl groups excluding tert-OH is 1. The van der Waals surface area contributed by atoms with Crippen molar-refractivity contribution in [2.45, 2.75) is 31.7 Å². The molecule has 0 aliphatic carbocycles. The Morgan fingerprint density at radius 2 is 2.05 bits per heavy atom. The Morgan fingerprint density at radius 1 is 1.33 bits per heavy atom. The first-order valence-corrected chi connectivity index (χ1v) is 7.16. The van der Waals surface area contributed by atoms with E-state index in [-0.39, 0.29) is 24.1 Å². The summed E-state index contributed by atoms with van der Waals surface area (Å²) in [5.41, 5.74) is -1.03. The second-order valence-electron chi connectivity index (χ2n) is 5.46. The lowest BCUT2D eigenvalue weighted by atomic mass is 9.99. The normalized spacial score (nSPS) is 18.8. The second kappa shape index (κ2) is 6.26. The first kappa shape index (κ1) is 15.5. The van der Waals surface area contributed by atoms with Crippen LogP contribution in [0.15, 0.2) is 15.8 Å². The predicted molar refractivity (Wildman–Crippen MR) is 77.3 cm³/mol. The summed E-state index contributed by atoms with van der Waals surface area (Å²) in [4.78, 5) is 38.1. The van der Waals surface area contributed by atoms with E-state index in [4.69, 9.17) is 5.11 Å². The summed E-state index contributed by atoms with van der Waals surface area (Å²) in [5, 5.41) is 9.12. The molecule has 1 aromatic heterocycles. The number of rotatable bonds is 3. The number of aromatic nitrogens is 2. The van der Waals surface area contributed by atoms with E-state index in [9.17, 15) is 14.4 Å². The van der Waals surface area contributed by atoms with Crippen molar-refractivity contribution in [3.63, 3.8) is 0 Å². The Hall–Kier alpha value is -1.89. The molecule has 0 bridgehead atoms. The number of aryl methyl sites for hydroxylation is 1. The highest BCUT2D eigenvalue weighted by Crippen LogP contribution is 2.20. The Balaban J connectivity index is 2.39. The van der Waals surface area contributed by atoms with Crippen LogP contribution in [0.5, 0.6) is 0 Å². The van der Waals surface area contributed by atoms with Crippen molar-refractivity contribution >= 4 is 5.91 Å². The molecule has 7 heteroatoms. The van der Waals surface area contributed by atoms with E-state index in [1.54, 1.807) is 4.90 Å². The lowest BCUT2D eigenvalue weighted by Crippen LogP contribution is -2.48. The van der Waals surface area contributed by atoms with Gasteiger partial charge in [0.2, 0.25) is 0 Å². The molecule has 2 rings (SSSR count). The third-order valence-corrected chi connectivity index (χ3v) is 4.03. The van der Waals surface area contributed by atoms with Crippen LogP contribution >= 0.6 is 0 Å². The van der Waals surface area contributed by atoms with Crippen LogP contribution in [0.2, 0.25) is 0 Å². The second-order valence-corrected chi connectivity index (χ2v) is 5.46. The van der Waals surface area contributed by atoms with E-state index in [1.807, 2.05) is 0 Å². The zero-order chi connectivity index (χ0) is 15.6. The lowest BCUT2D eigenvalue weighted by molar-refractivity contribution is 0.0571. The maximum atomic E-state index is 12.6. The summed E-state index contributed by atoms with van der Waals surface area (Å²) in [6, 6.07) is -0.0433. The zero-order valence-electron chi connectivity index (χ0n) is 12.4. The fourth-order valence-corrected chi connectivity index (χ4v) is 2.83. The molecule has 1 fully saturated rings. The van der Waals surface area contributed by atoms with E-state index in [1.165, 1.54) is 24.9 Å². The molecule has 1 N–H and O–H groups in total. The molecule has 1 saturated heterocycles. The third-order valence-electron chi connectivity index (χ3n) is 4.03. The molecule has 1 aliphatic heterocycles. The minimum atomic E-state index is -0.573. The van der Waals surface area contributed by atoms with Crippen molar-refractivity contribution in [2.75, 3.05) is 13.2 Å². The average molecular weight is 295 g/mol. The van der Waals surface area contributed by atoms with Crippen LogP contribution in [0.4, 0.5) is 0 Å². The molecular weight excluding hydrogens is 274 g/mol. The molecule has 2 heterocycles. The largest absolute Gasteiger partial charge is 0.396 e. The number of likely N-dealkylation sites (tertiary alicyclic amines) is 1. The minimum Gasteiger partial charge on any atom is -0.396 e. The van der Waals surface area contributed by atoms with Gasteiger partial charge in [0.25, 0.3) is 11.5 Å². The Labute approximate surface area is 122 Å². The molecule has 0 aromatic carbocycles. The molecule has 0 saturated carbocycles. The molecule has 1 atom stereocenters. The van der Waals surface area contributed by atoms with Crippen LogP contribution in [0, 0.1) is 0 Å². The van der Waals surface area contributed by atoms with Crippen LogP contribution < -0.4 is 11.2 Å². The molecule has 0 radical (unpaired) electrons. The summed E-state index contributed by atoms with van der Waals surface area (Å²) in [6.45, 7) is 0.592. The number of hydrogen-bond donors (Lipinski definition) is 1. The standard InChI is InChI=1S/C14H21N3O4/c1-15-9-11(12(19)16(2)14(15)21)13(20)17-7-4-3-5-10(17)6-8-18/h9-10,18H,3-8H2,1-2H3.